The minimum atomic E-state index is -2.90. The van der Waals surface area contributed by atoms with Crippen molar-refractivity contribution >= 4 is 5.97 Å². The van der Waals surface area contributed by atoms with Gasteiger partial charge >= 0.3 is 5.97 Å². The average molecular weight is 392 g/mol. The number of benzene rings is 2. The molecule has 7 heteroatoms. The lowest BCUT2D eigenvalue weighted by atomic mass is 9.85. The van der Waals surface area contributed by atoms with E-state index in [4.69, 9.17) is 31.9 Å². The molecule has 2 aliphatic rings. The van der Waals surface area contributed by atoms with Gasteiger partial charge in [-0.2, -0.15) is 0 Å². The number of carbonyl (C=O) groups is 1. The van der Waals surface area contributed by atoms with Crippen LogP contribution < -0.4 is 18.9 Å². The molecule has 2 aliphatic heterocycles. The monoisotopic (exact) mass is 392 g/mol. The number of esters is 1. The highest BCUT2D eigenvalue weighted by atomic mass is 16.7. The van der Waals surface area contributed by atoms with Crippen LogP contribution in [0.2, 0.25) is 0 Å². The van der Waals surface area contributed by atoms with Crippen molar-refractivity contribution in [2.24, 2.45) is 11.8 Å². The van der Waals surface area contributed by atoms with Gasteiger partial charge in [0, 0.05) is 5.92 Å². The van der Waals surface area contributed by atoms with Gasteiger partial charge in [0.15, 0.2) is 23.0 Å². The van der Waals surface area contributed by atoms with Crippen molar-refractivity contribution in [1.82, 2.24) is 0 Å². The molecule has 4 rings (SSSR count). The number of carbonyl (C=O) groups excluding carboxylic acids is 1. The normalized spacial score (nSPS) is 24.2. The molecule has 2 heterocycles. The maximum Gasteiger partial charge on any atom is 0.309 e. The van der Waals surface area contributed by atoms with Crippen molar-refractivity contribution < 1.29 is 41.8 Å². The third kappa shape index (κ3) is 3.40. The number of phenolic OH excluding ortho intramolecular Hbond substituents is 1. The Morgan fingerprint density at radius 1 is 1.04 bits per heavy atom. The fourth-order valence-corrected chi connectivity index (χ4v) is 3.59. The molecule has 0 radical (unpaired) electrons. The number of ether oxygens (including phenoxy) is 5. The standard InChI is InChI=1S/C21H22O7/c1-24-18-8-13(9-19(25-2)20(18)22)6-15-14(10-26-21(15)23)5-12-3-4-16-17(7-12)28-11-27-16/h3-4,7-9,14-15,22H,5-6,10-11H2,1-2H3/t14-,15+/m0/s1/i1D3,2D3. The van der Waals surface area contributed by atoms with Crippen molar-refractivity contribution in [1.29, 1.82) is 0 Å². The predicted octanol–water partition coefficient (Wildman–Crippen LogP) is 2.71. The Kier molecular flexibility index (Phi) is 3.32. The minimum Gasteiger partial charge on any atom is -0.502 e. The van der Waals surface area contributed by atoms with E-state index in [1.165, 1.54) is 12.1 Å². The summed E-state index contributed by atoms with van der Waals surface area (Å²) in [6.45, 7) is 0.335. The molecule has 0 aromatic heterocycles. The SMILES string of the molecule is [2H]C([2H])([2H])Oc1cc(C[C@H]2C(=O)OC[C@@H]2Cc2ccc3c(c2)OCO3)cc(OC([2H])([2H])[2H])c1O. The van der Waals surface area contributed by atoms with E-state index in [-0.39, 0.29) is 25.7 Å². The molecule has 148 valence electrons. The molecule has 0 bridgehead atoms. The van der Waals surface area contributed by atoms with Gasteiger partial charge in [0.1, 0.15) is 0 Å². The van der Waals surface area contributed by atoms with Crippen LogP contribution in [-0.4, -0.2) is 38.6 Å². The first kappa shape index (κ1) is 12.4. The second-order valence-electron chi connectivity index (χ2n) is 6.74. The van der Waals surface area contributed by atoms with E-state index >= 15 is 0 Å². The molecule has 0 spiro atoms. The van der Waals surface area contributed by atoms with Crippen LogP contribution in [0.5, 0.6) is 28.7 Å². The summed E-state index contributed by atoms with van der Waals surface area (Å²) in [5.74, 6) is -1.69. The molecular weight excluding hydrogens is 364 g/mol. The molecule has 1 saturated heterocycles. The van der Waals surface area contributed by atoms with Crippen LogP contribution in [0.15, 0.2) is 30.3 Å². The number of fused-ring (bicyclic) bond motifs is 1. The Morgan fingerprint density at radius 2 is 1.79 bits per heavy atom. The molecule has 1 N–H and O–H groups in total. The second-order valence-corrected chi connectivity index (χ2v) is 6.74. The van der Waals surface area contributed by atoms with Gasteiger partial charge in [-0.15, -0.1) is 0 Å². The van der Waals surface area contributed by atoms with Crippen LogP contribution in [-0.2, 0) is 22.4 Å². The highest BCUT2D eigenvalue weighted by Crippen LogP contribution is 2.39. The van der Waals surface area contributed by atoms with Crippen molar-refractivity contribution in [3.8, 4) is 28.7 Å². The maximum atomic E-state index is 12.5. The van der Waals surface area contributed by atoms with Gasteiger partial charge in [-0.25, -0.2) is 0 Å². The number of hydrogen-bond acceptors (Lipinski definition) is 7. The van der Waals surface area contributed by atoms with Crippen LogP contribution >= 0.6 is 0 Å². The highest BCUT2D eigenvalue weighted by molar-refractivity contribution is 5.75. The van der Waals surface area contributed by atoms with Crippen LogP contribution in [0, 0.1) is 11.8 Å². The molecule has 28 heavy (non-hydrogen) atoms. The number of rotatable bonds is 6. The molecular formula is C21H22O7. The topological polar surface area (TPSA) is 83.5 Å². The first-order valence-corrected chi connectivity index (χ1v) is 8.67. The number of aromatic hydroxyl groups is 1. The van der Waals surface area contributed by atoms with Gasteiger partial charge in [-0.05, 0) is 48.2 Å². The second kappa shape index (κ2) is 7.50. The van der Waals surface area contributed by atoms with Crippen molar-refractivity contribution in [3.05, 3.63) is 41.5 Å². The Hall–Kier alpha value is -3.09. The summed E-state index contributed by atoms with van der Waals surface area (Å²) in [7, 11) is -5.80. The van der Waals surface area contributed by atoms with Crippen LogP contribution in [0.3, 0.4) is 0 Å². The fraction of sp³-hybridized carbons (Fsp3) is 0.381. The van der Waals surface area contributed by atoms with E-state index in [0.29, 0.717) is 23.5 Å². The summed E-state index contributed by atoms with van der Waals surface area (Å²) in [6.07, 6.45) is 0.589. The van der Waals surface area contributed by atoms with E-state index < -0.39 is 43.2 Å². The largest absolute Gasteiger partial charge is 0.502 e. The number of methoxy groups -OCH3 is 2. The fourth-order valence-electron chi connectivity index (χ4n) is 3.59. The lowest BCUT2D eigenvalue weighted by molar-refractivity contribution is -0.141. The van der Waals surface area contributed by atoms with Crippen molar-refractivity contribution in [3.63, 3.8) is 0 Å². The number of cyclic esters (lactones) is 1. The lowest BCUT2D eigenvalue weighted by Gasteiger charge is -2.17. The molecule has 2 atom stereocenters. The zero-order valence-electron chi connectivity index (χ0n) is 20.8. The molecule has 0 amide bonds. The highest BCUT2D eigenvalue weighted by Gasteiger charge is 2.37. The van der Waals surface area contributed by atoms with E-state index in [9.17, 15) is 9.90 Å². The van der Waals surface area contributed by atoms with Crippen LogP contribution in [0.25, 0.3) is 0 Å². The summed E-state index contributed by atoms with van der Waals surface area (Å²) in [4.78, 5) is 12.5. The zero-order valence-corrected chi connectivity index (χ0v) is 14.8. The van der Waals surface area contributed by atoms with E-state index in [0.717, 1.165) is 5.56 Å². The summed E-state index contributed by atoms with van der Waals surface area (Å²) in [6, 6.07) is 8.00. The van der Waals surface area contributed by atoms with E-state index in [1.807, 2.05) is 12.1 Å². The molecule has 2 aromatic carbocycles. The van der Waals surface area contributed by atoms with Crippen LogP contribution in [0.4, 0.5) is 0 Å². The van der Waals surface area contributed by atoms with Gasteiger partial charge in [0.25, 0.3) is 0 Å². The van der Waals surface area contributed by atoms with Crippen LogP contribution in [0.1, 0.15) is 19.4 Å². The predicted molar refractivity (Wildman–Crippen MR) is 99.1 cm³/mol. The quantitative estimate of drug-likeness (QED) is 0.757. The third-order valence-electron chi connectivity index (χ3n) is 5.02. The molecule has 2 aromatic rings. The molecule has 0 aliphatic carbocycles. The van der Waals surface area contributed by atoms with E-state index in [1.54, 1.807) is 6.07 Å². The summed E-state index contributed by atoms with van der Waals surface area (Å²) < 4.78 is 69.5. The molecule has 0 saturated carbocycles. The maximum absolute atomic E-state index is 12.5. The van der Waals surface area contributed by atoms with E-state index in [2.05, 4.69) is 0 Å². The summed E-state index contributed by atoms with van der Waals surface area (Å²) >= 11 is 0. The summed E-state index contributed by atoms with van der Waals surface area (Å²) in [5.41, 5.74) is 1.26. The van der Waals surface area contributed by atoms with Gasteiger partial charge in [-0.3, -0.25) is 4.79 Å². The molecule has 1 fully saturated rings. The van der Waals surface area contributed by atoms with Gasteiger partial charge in [0.05, 0.1) is 34.8 Å². The molecule has 0 unspecified atom stereocenters. The smallest absolute Gasteiger partial charge is 0.309 e. The molecule has 7 nitrogen and oxygen atoms in total. The number of hydrogen-bond donors (Lipinski definition) is 1. The third-order valence-corrected chi connectivity index (χ3v) is 5.02. The average Bonchev–Trinajstić information content (AvgIpc) is 3.31. The van der Waals surface area contributed by atoms with Crippen molar-refractivity contribution in [2.45, 2.75) is 12.8 Å². The Morgan fingerprint density at radius 3 is 2.54 bits per heavy atom. The van der Waals surface area contributed by atoms with Crippen molar-refractivity contribution in [2.75, 3.05) is 27.5 Å². The van der Waals surface area contributed by atoms with Gasteiger partial charge in [0.2, 0.25) is 12.5 Å². The Bertz CT molecular complexity index is 1050. The summed E-state index contributed by atoms with van der Waals surface area (Å²) in [5, 5.41) is 10.3. The van der Waals surface area contributed by atoms with Gasteiger partial charge < -0.3 is 28.8 Å². The minimum absolute atomic E-state index is 0.0864. The number of phenols is 1. The first-order chi connectivity index (χ1) is 15.9. The van der Waals surface area contributed by atoms with Gasteiger partial charge in [-0.1, -0.05) is 6.07 Å². The lowest BCUT2D eigenvalue weighted by Crippen LogP contribution is -2.20. The first-order valence-electron chi connectivity index (χ1n) is 11.7. The zero-order chi connectivity index (χ0) is 24.7. The Labute approximate surface area is 171 Å². The Balaban J connectivity index is 1.59.